The van der Waals surface area contributed by atoms with E-state index in [1.54, 1.807) is 6.20 Å². The number of rotatable bonds is 3. The first-order chi connectivity index (χ1) is 15.8. The Morgan fingerprint density at radius 2 is 1.67 bits per heavy atom. The maximum absolute atomic E-state index is 13.9. The highest BCUT2D eigenvalue weighted by atomic mass is 16.6. The molecule has 1 spiro atoms. The lowest BCUT2D eigenvalue weighted by Gasteiger charge is -2.35. The monoisotopic (exact) mass is 441 g/mol. The smallest absolute Gasteiger partial charge is 0.324 e. The first-order valence-corrected chi connectivity index (χ1v) is 11.2. The Labute approximate surface area is 193 Å². The molecule has 1 amide bonds. The third-order valence-electron chi connectivity index (χ3n) is 6.43. The van der Waals surface area contributed by atoms with Crippen LogP contribution in [0.5, 0.6) is 0 Å². The van der Waals surface area contributed by atoms with E-state index < -0.39 is 29.0 Å². The van der Waals surface area contributed by atoms with Gasteiger partial charge in [-0.25, -0.2) is 0 Å². The lowest BCUT2D eigenvalue weighted by atomic mass is 9.64. The number of pyridine rings is 1. The summed E-state index contributed by atoms with van der Waals surface area (Å²) in [6, 6.07) is 21.8. The zero-order chi connectivity index (χ0) is 23.2. The molecule has 4 atom stereocenters. The van der Waals surface area contributed by atoms with Crippen LogP contribution in [0.15, 0.2) is 79.0 Å². The standard InChI is InChI=1S/C27H27N3O3/c1-26(2,3)33-24(31)22-21(17-11-5-4-6-12-17)27(23(30-22)20-15-9-10-16-28-20)18-13-7-8-14-19(18)29-25(27)32/h4-16,21-23,30H,1-3H3,(H,29,32)/t21-,22+,23-,27+/m1/s1. The van der Waals surface area contributed by atoms with Crippen molar-refractivity contribution in [2.24, 2.45) is 0 Å². The number of para-hydroxylation sites is 1. The van der Waals surface area contributed by atoms with Crippen molar-refractivity contribution >= 4 is 17.6 Å². The third-order valence-corrected chi connectivity index (χ3v) is 6.43. The highest BCUT2D eigenvalue weighted by molar-refractivity contribution is 6.09. The molecule has 2 aliphatic heterocycles. The normalized spacial score (nSPS) is 26.2. The highest BCUT2D eigenvalue weighted by Gasteiger charge is 2.66. The van der Waals surface area contributed by atoms with E-state index in [0.29, 0.717) is 5.69 Å². The summed E-state index contributed by atoms with van der Waals surface area (Å²) < 4.78 is 5.83. The van der Waals surface area contributed by atoms with Gasteiger partial charge in [0.1, 0.15) is 17.1 Å². The van der Waals surface area contributed by atoms with Crippen molar-refractivity contribution in [3.05, 3.63) is 95.8 Å². The van der Waals surface area contributed by atoms with Gasteiger partial charge in [-0.15, -0.1) is 0 Å². The van der Waals surface area contributed by atoms with E-state index in [4.69, 9.17) is 4.74 Å². The molecule has 33 heavy (non-hydrogen) atoms. The first kappa shape index (κ1) is 21.3. The lowest BCUT2D eigenvalue weighted by molar-refractivity contribution is -0.157. The summed E-state index contributed by atoms with van der Waals surface area (Å²) >= 11 is 0. The van der Waals surface area contributed by atoms with Gasteiger partial charge >= 0.3 is 5.97 Å². The van der Waals surface area contributed by atoms with E-state index in [-0.39, 0.29) is 11.9 Å². The molecule has 0 aliphatic carbocycles. The maximum atomic E-state index is 13.9. The van der Waals surface area contributed by atoms with Crippen LogP contribution in [0, 0.1) is 0 Å². The van der Waals surface area contributed by atoms with Crippen LogP contribution < -0.4 is 10.6 Å². The largest absolute Gasteiger partial charge is 0.459 e. The van der Waals surface area contributed by atoms with Crippen LogP contribution >= 0.6 is 0 Å². The number of benzene rings is 2. The van der Waals surface area contributed by atoms with Gasteiger partial charge in [0.15, 0.2) is 0 Å². The van der Waals surface area contributed by atoms with Crippen LogP contribution in [0.4, 0.5) is 5.69 Å². The van der Waals surface area contributed by atoms with Gasteiger partial charge in [0.25, 0.3) is 0 Å². The zero-order valence-corrected chi connectivity index (χ0v) is 18.9. The summed E-state index contributed by atoms with van der Waals surface area (Å²) in [5.74, 6) is -1.03. The number of esters is 1. The molecular formula is C27H27N3O3. The van der Waals surface area contributed by atoms with Crippen LogP contribution in [0.1, 0.15) is 49.6 Å². The van der Waals surface area contributed by atoms with Crippen molar-refractivity contribution in [3.8, 4) is 0 Å². The fourth-order valence-electron chi connectivity index (χ4n) is 5.30. The molecule has 6 nitrogen and oxygen atoms in total. The second-order valence-corrected chi connectivity index (χ2v) is 9.62. The predicted octanol–water partition coefficient (Wildman–Crippen LogP) is 4.11. The summed E-state index contributed by atoms with van der Waals surface area (Å²) in [6.45, 7) is 5.54. The minimum absolute atomic E-state index is 0.147. The first-order valence-electron chi connectivity index (χ1n) is 11.2. The fraction of sp³-hybridized carbons (Fsp3) is 0.296. The Kier molecular flexibility index (Phi) is 5.05. The minimum atomic E-state index is -1.08. The molecule has 5 rings (SSSR count). The van der Waals surface area contributed by atoms with Crippen LogP contribution in [0.25, 0.3) is 0 Å². The number of nitrogens with zero attached hydrogens (tertiary/aromatic N) is 1. The third kappa shape index (κ3) is 3.42. The minimum Gasteiger partial charge on any atom is -0.459 e. The fourth-order valence-corrected chi connectivity index (χ4v) is 5.30. The molecule has 0 bridgehead atoms. The summed E-state index contributed by atoms with van der Waals surface area (Å²) in [6.07, 6.45) is 1.71. The quantitative estimate of drug-likeness (QED) is 0.598. The summed E-state index contributed by atoms with van der Waals surface area (Å²) in [7, 11) is 0. The van der Waals surface area contributed by atoms with Crippen molar-refractivity contribution in [1.82, 2.24) is 10.3 Å². The number of anilines is 1. The van der Waals surface area contributed by atoms with Crippen molar-refractivity contribution in [1.29, 1.82) is 0 Å². The molecule has 3 heterocycles. The van der Waals surface area contributed by atoms with E-state index in [0.717, 1.165) is 16.8 Å². The van der Waals surface area contributed by atoms with E-state index in [9.17, 15) is 9.59 Å². The number of carbonyl (C=O) groups is 2. The Hall–Kier alpha value is -3.51. The maximum Gasteiger partial charge on any atom is 0.324 e. The Morgan fingerprint density at radius 3 is 2.36 bits per heavy atom. The van der Waals surface area contributed by atoms with Gasteiger partial charge in [0.2, 0.25) is 5.91 Å². The molecule has 0 saturated carbocycles. The molecule has 168 valence electrons. The topological polar surface area (TPSA) is 80.3 Å². The van der Waals surface area contributed by atoms with Crippen LogP contribution in [0.3, 0.4) is 0 Å². The van der Waals surface area contributed by atoms with Gasteiger partial charge < -0.3 is 10.1 Å². The number of hydrogen-bond acceptors (Lipinski definition) is 5. The SMILES string of the molecule is CC(C)(C)OC(=O)[C@H]1N[C@H](c2ccccn2)[C@@]2(C(=O)Nc3ccccc32)[C@@H]1c1ccccc1. The molecule has 2 aromatic carbocycles. The van der Waals surface area contributed by atoms with Gasteiger partial charge in [-0.2, -0.15) is 0 Å². The average molecular weight is 442 g/mol. The van der Waals surface area contributed by atoms with E-state index in [1.807, 2.05) is 93.6 Å². The van der Waals surface area contributed by atoms with E-state index in [2.05, 4.69) is 15.6 Å². The molecule has 1 aromatic heterocycles. The van der Waals surface area contributed by atoms with E-state index >= 15 is 0 Å². The number of ether oxygens (including phenoxy) is 1. The number of amides is 1. The predicted molar refractivity (Wildman–Crippen MR) is 126 cm³/mol. The number of hydrogen-bond donors (Lipinski definition) is 2. The molecule has 1 saturated heterocycles. The number of nitrogens with one attached hydrogen (secondary N) is 2. The van der Waals surface area contributed by atoms with Crippen molar-refractivity contribution in [2.45, 2.75) is 49.8 Å². The van der Waals surface area contributed by atoms with Gasteiger partial charge in [-0.05, 0) is 50.1 Å². The molecule has 6 heteroatoms. The Bertz CT molecular complexity index is 1190. The van der Waals surface area contributed by atoms with Gasteiger partial charge in [0, 0.05) is 17.8 Å². The van der Waals surface area contributed by atoms with Crippen molar-refractivity contribution in [2.75, 3.05) is 5.32 Å². The summed E-state index contributed by atoms with van der Waals surface area (Å²) in [4.78, 5) is 32.1. The molecule has 0 radical (unpaired) electrons. The second kappa shape index (κ2) is 7.81. The lowest BCUT2D eigenvalue weighted by Crippen LogP contribution is -2.45. The van der Waals surface area contributed by atoms with Gasteiger partial charge in [0.05, 0.1) is 11.7 Å². The Morgan fingerprint density at radius 1 is 0.970 bits per heavy atom. The number of aromatic nitrogens is 1. The Balaban J connectivity index is 1.77. The molecule has 2 aliphatic rings. The summed E-state index contributed by atoms with van der Waals surface area (Å²) in [5.41, 5.74) is 1.48. The van der Waals surface area contributed by atoms with Gasteiger partial charge in [-0.3, -0.25) is 19.9 Å². The van der Waals surface area contributed by atoms with Gasteiger partial charge in [-0.1, -0.05) is 54.6 Å². The highest BCUT2D eigenvalue weighted by Crippen LogP contribution is 2.59. The van der Waals surface area contributed by atoms with Crippen molar-refractivity contribution < 1.29 is 14.3 Å². The molecule has 3 aromatic rings. The van der Waals surface area contributed by atoms with Crippen LogP contribution in [-0.2, 0) is 19.7 Å². The molecule has 1 fully saturated rings. The number of carbonyl (C=O) groups excluding carboxylic acids is 2. The van der Waals surface area contributed by atoms with Crippen LogP contribution in [-0.4, -0.2) is 28.5 Å². The molecule has 2 N–H and O–H groups in total. The molecular weight excluding hydrogens is 414 g/mol. The van der Waals surface area contributed by atoms with Crippen LogP contribution in [0.2, 0.25) is 0 Å². The summed E-state index contributed by atoms with van der Waals surface area (Å²) in [5, 5.41) is 6.56. The average Bonchev–Trinajstić information content (AvgIpc) is 3.30. The van der Waals surface area contributed by atoms with Crippen molar-refractivity contribution in [3.63, 3.8) is 0 Å². The second-order valence-electron chi connectivity index (χ2n) is 9.62. The number of fused-ring (bicyclic) bond motifs is 2. The molecule has 0 unspecified atom stereocenters. The zero-order valence-electron chi connectivity index (χ0n) is 18.9. The van der Waals surface area contributed by atoms with E-state index in [1.165, 1.54) is 0 Å².